The van der Waals surface area contributed by atoms with E-state index in [2.05, 4.69) is 10.1 Å². The highest BCUT2D eigenvalue weighted by molar-refractivity contribution is 8.13. The van der Waals surface area contributed by atoms with Gasteiger partial charge in [0.05, 0.1) is 0 Å². The predicted octanol–water partition coefficient (Wildman–Crippen LogP) is 3.16. The molecule has 20 heavy (non-hydrogen) atoms. The lowest BCUT2D eigenvalue weighted by Crippen LogP contribution is -2.35. The average Bonchev–Trinajstić information content (AvgIpc) is 2.91. The first kappa shape index (κ1) is 14.3. The number of anilines is 1. The molecule has 6 heteroatoms. The summed E-state index contributed by atoms with van der Waals surface area (Å²) in [6.07, 6.45) is 1.93. The Bertz CT molecular complexity index is 621. The van der Waals surface area contributed by atoms with Crippen molar-refractivity contribution in [2.24, 2.45) is 4.99 Å². The maximum atomic E-state index is 8.38. The van der Waals surface area contributed by atoms with Gasteiger partial charge in [-0.25, -0.2) is 0 Å². The van der Waals surface area contributed by atoms with Crippen LogP contribution in [0.4, 0.5) is 5.69 Å². The van der Waals surface area contributed by atoms with Gasteiger partial charge in [0, 0.05) is 18.8 Å². The molecule has 104 valence electrons. The van der Waals surface area contributed by atoms with Crippen molar-refractivity contribution < 1.29 is 4.52 Å². The van der Waals surface area contributed by atoms with Crippen LogP contribution in [-0.2, 0) is 0 Å². The van der Waals surface area contributed by atoms with E-state index in [4.69, 9.17) is 9.93 Å². The normalized spacial score (nSPS) is 11.4. The Labute approximate surface area is 122 Å². The first-order valence-electron chi connectivity index (χ1n) is 6.05. The van der Waals surface area contributed by atoms with Gasteiger partial charge in [0.2, 0.25) is 0 Å². The van der Waals surface area contributed by atoms with E-state index in [-0.39, 0.29) is 5.84 Å². The molecule has 0 fully saturated rings. The van der Waals surface area contributed by atoms with Crippen LogP contribution >= 0.6 is 11.8 Å². The molecule has 0 amide bonds. The van der Waals surface area contributed by atoms with Gasteiger partial charge in [-0.05, 0) is 25.3 Å². The first-order chi connectivity index (χ1) is 9.67. The number of hydrogen-bond acceptors (Lipinski definition) is 5. The molecule has 0 saturated carbocycles. The molecule has 1 heterocycles. The number of benzene rings is 1. The van der Waals surface area contributed by atoms with Crippen molar-refractivity contribution >= 4 is 28.5 Å². The molecule has 5 nitrogen and oxygen atoms in total. The maximum Gasteiger partial charge on any atom is 0.169 e. The number of nitrogens with zero attached hydrogens (tertiary/aromatic N) is 3. The molecule has 1 N–H and O–H groups in total. The zero-order valence-corrected chi connectivity index (χ0v) is 12.4. The lowest BCUT2D eigenvalue weighted by atomic mass is 10.2. The monoisotopic (exact) mass is 288 g/mol. The maximum absolute atomic E-state index is 8.38. The van der Waals surface area contributed by atoms with Crippen molar-refractivity contribution in [1.29, 1.82) is 5.41 Å². The fourth-order valence-corrected chi connectivity index (χ4v) is 2.35. The molecular weight excluding hydrogens is 272 g/mol. The topological polar surface area (TPSA) is 65.5 Å². The number of nitrogens with one attached hydrogen (secondary N) is 1. The summed E-state index contributed by atoms with van der Waals surface area (Å²) in [4.78, 5) is 5.99. The number of thioether (sulfide) groups is 1. The van der Waals surface area contributed by atoms with E-state index in [1.54, 1.807) is 24.9 Å². The molecule has 2 aromatic rings. The molecular formula is C14H16N4OS. The molecule has 0 unspecified atom stereocenters. The second-order valence-electron chi connectivity index (χ2n) is 4.05. The third-order valence-corrected chi connectivity index (χ3v) is 3.40. The minimum absolute atomic E-state index is 0.239. The number of amidine groups is 2. The number of rotatable bonds is 2. The summed E-state index contributed by atoms with van der Waals surface area (Å²) >= 11 is 1.48. The number of aromatic nitrogens is 1. The summed E-state index contributed by atoms with van der Waals surface area (Å²) in [7, 11) is 1.71. The predicted molar refractivity (Wildman–Crippen MR) is 83.9 cm³/mol. The Kier molecular flexibility index (Phi) is 4.57. The highest BCUT2D eigenvalue weighted by Crippen LogP contribution is 2.21. The Morgan fingerprint density at radius 1 is 1.35 bits per heavy atom. The largest absolute Gasteiger partial charge is 0.361 e. The summed E-state index contributed by atoms with van der Waals surface area (Å²) in [5.74, 6) is 0.917. The Hall–Kier alpha value is -2.08. The quantitative estimate of drug-likeness (QED) is 0.681. The van der Waals surface area contributed by atoms with Crippen LogP contribution < -0.4 is 4.90 Å². The fraction of sp³-hybridized carbons (Fsp3) is 0.214. The minimum atomic E-state index is 0.239. The van der Waals surface area contributed by atoms with Crippen molar-refractivity contribution in [2.45, 2.75) is 6.92 Å². The summed E-state index contributed by atoms with van der Waals surface area (Å²) in [6.45, 7) is 1.81. The summed E-state index contributed by atoms with van der Waals surface area (Å²) < 4.78 is 5.05. The van der Waals surface area contributed by atoms with Crippen molar-refractivity contribution in [3.8, 4) is 0 Å². The van der Waals surface area contributed by atoms with E-state index >= 15 is 0 Å². The van der Waals surface area contributed by atoms with Crippen molar-refractivity contribution in [3.05, 3.63) is 47.9 Å². The van der Waals surface area contributed by atoms with Gasteiger partial charge in [-0.15, -0.1) is 0 Å². The first-order valence-corrected chi connectivity index (χ1v) is 7.28. The molecule has 0 radical (unpaired) electrons. The van der Waals surface area contributed by atoms with E-state index in [0.29, 0.717) is 11.5 Å². The molecule has 0 aliphatic heterocycles. The number of aliphatic imine (C=N–C) groups is 1. The van der Waals surface area contributed by atoms with E-state index in [1.807, 2.05) is 36.6 Å². The third kappa shape index (κ3) is 2.91. The lowest BCUT2D eigenvalue weighted by molar-refractivity contribution is 0.396. The van der Waals surface area contributed by atoms with Gasteiger partial charge in [0.25, 0.3) is 0 Å². The smallest absolute Gasteiger partial charge is 0.169 e. The standard InChI is InChI=1S/C14H16N4OS/c1-10-9-12(17-19-10)13(15)18(14(16-2)20-3)11-7-5-4-6-8-11/h4-9,15H,1-3H3/b15-13?,16-14+. The van der Waals surface area contributed by atoms with Crippen LogP contribution in [-0.4, -0.2) is 29.5 Å². The summed E-state index contributed by atoms with van der Waals surface area (Å²) in [5.41, 5.74) is 1.36. The molecule has 1 aromatic carbocycles. The van der Waals surface area contributed by atoms with Crippen LogP contribution in [0.5, 0.6) is 0 Å². The van der Waals surface area contributed by atoms with E-state index in [0.717, 1.165) is 10.9 Å². The van der Waals surface area contributed by atoms with Crippen LogP contribution in [0.2, 0.25) is 0 Å². The van der Waals surface area contributed by atoms with Gasteiger partial charge in [-0.1, -0.05) is 35.1 Å². The third-order valence-electron chi connectivity index (χ3n) is 2.67. The molecule has 0 saturated heterocycles. The fourth-order valence-electron chi connectivity index (χ4n) is 1.79. The van der Waals surface area contributed by atoms with Gasteiger partial charge in [0.1, 0.15) is 11.5 Å². The van der Waals surface area contributed by atoms with Crippen LogP contribution in [0.3, 0.4) is 0 Å². The Morgan fingerprint density at radius 2 is 2.05 bits per heavy atom. The zero-order chi connectivity index (χ0) is 14.5. The van der Waals surface area contributed by atoms with Crippen LogP contribution in [0.1, 0.15) is 11.5 Å². The van der Waals surface area contributed by atoms with Gasteiger partial charge in [-0.3, -0.25) is 15.3 Å². The second-order valence-corrected chi connectivity index (χ2v) is 4.83. The van der Waals surface area contributed by atoms with Crippen LogP contribution in [0.15, 0.2) is 45.9 Å². The van der Waals surface area contributed by atoms with E-state index < -0.39 is 0 Å². The van der Waals surface area contributed by atoms with Gasteiger partial charge in [-0.2, -0.15) is 0 Å². The molecule has 0 bridgehead atoms. The molecule has 2 rings (SSSR count). The van der Waals surface area contributed by atoms with Crippen molar-refractivity contribution in [3.63, 3.8) is 0 Å². The van der Waals surface area contributed by atoms with Crippen LogP contribution in [0, 0.1) is 12.3 Å². The SMILES string of the molecule is C/N=C(/SC)N(C(=N)c1cc(C)on1)c1ccccc1. The molecule has 1 aromatic heterocycles. The molecule has 0 spiro atoms. The summed E-state index contributed by atoms with van der Waals surface area (Å²) in [6, 6.07) is 11.4. The van der Waals surface area contributed by atoms with Gasteiger partial charge >= 0.3 is 0 Å². The van der Waals surface area contributed by atoms with E-state index in [1.165, 1.54) is 11.8 Å². The zero-order valence-electron chi connectivity index (χ0n) is 11.6. The summed E-state index contributed by atoms with van der Waals surface area (Å²) in [5, 5.41) is 13.0. The second kappa shape index (κ2) is 6.38. The van der Waals surface area contributed by atoms with Crippen LogP contribution in [0.25, 0.3) is 0 Å². The Balaban J connectivity index is 2.44. The van der Waals surface area contributed by atoms with Crippen molar-refractivity contribution in [2.75, 3.05) is 18.2 Å². The average molecular weight is 288 g/mol. The van der Waals surface area contributed by atoms with E-state index in [9.17, 15) is 0 Å². The lowest BCUT2D eigenvalue weighted by Gasteiger charge is -2.24. The molecule has 0 aliphatic rings. The highest BCUT2D eigenvalue weighted by Gasteiger charge is 2.21. The number of hydrogen-bond donors (Lipinski definition) is 1. The highest BCUT2D eigenvalue weighted by atomic mass is 32.2. The Morgan fingerprint density at radius 3 is 2.55 bits per heavy atom. The van der Waals surface area contributed by atoms with Gasteiger partial charge < -0.3 is 4.52 Å². The van der Waals surface area contributed by atoms with Crippen molar-refractivity contribution in [1.82, 2.24) is 5.16 Å². The number of aryl methyl sites for hydroxylation is 1. The molecule has 0 aliphatic carbocycles. The molecule has 0 atom stereocenters. The van der Waals surface area contributed by atoms with Gasteiger partial charge in [0.15, 0.2) is 11.0 Å². The number of para-hydroxylation sites is 1. The minimum Gasteiger partial charge on any atom is -0.361 e.